The fourth-order valence-electron chi connectivity index (χ4n) is 2.11. The van der Waals surface area contributed by atoms with E-state index in [4.69, 9.17) is 0 Å². The normalized spacial score (nSPS) is 15.1. The lowest BCUT2D eigenvalue weighted by molar-refractivity contribution is 0.364. The smallest absolute Gasteiger partial charge is 0.310 e. The zero-order valence-electron chi connectivity index (χ0n) is 12.3. The molecule has 2 aromatic heterocycles. The second-order valence-electron chi connectivity index (χ2n) is 5.22. The molecule has 0 atom stereocenters. The van der Waals surface area contributed by atoms with Crippen LogP contribution in [0.25, 0.3) is 5.78 Å². The first-order chi connectivity index (χ1) is 10.9. The van der Waals surface area contributed by atoms with E-state index in [0.717, 1.165) is 12.1 Å². The molecule has 0 aliphatic heterocycles. The summed E-state index contributed by atoms with van der Waals surface area (Å²) >= 11 is 0. The Bertz CT molecular complexity index is 905. The van der Waals surface area contributed by atoms with E-state index in [-0.39, 0.29) is 6.54 Å². The van der Waals surface area contributed by atoms with Crippen molar-refractivity contribution in [2.24, 2.45) is 0 Å². The van der Waals surface area contributed by atoms with Crippen LogP contribution in [-0.4, -0.2) is 19.6 Å². The number of anilines is 1. The van der Waals surface area contributed by atoms with E-state index in [0.29, 0.717) is 35.0 Å². The molecule has 0 saturated heterocycles. The molecule has 1 aromatic carbocycles. The molecule has 0 fully saturated rings. The van der Waals surface area contributed by atoms with Gasteiger partial charge >= 0.3 is 10.2 Å². The Kier molecular flexibility index (Phi) is 3.12. The van der Waals surface area contributed by atoms with Crippen molar-refractivity contribution in [2.75, 3.05) is 5.32 Å². The first-order valence-electron chi connectivity index (χ1n) is 6.67. The summed E-state index contributed by atoms with van der Waals surface area (Å²) in [5.74, 6) is 0.903. The van der Waals surface area contributed by atoms with Gasteiger partial charge in [0.15, 0.2) is 0 Å². The van der Waals surface area contributed by atoms with Crippen LogP contribution in [-0.2, 0) is 6.54 Å². The Morgan fingerprint density at radius 1 is 1.08 bits per heavy atom. The SMILES string of the molecule is Cc1cc(NCc2ccc(S(F)(F)(F)(F)F)cc2)n2ncnc2n1. The molecule has 3 aromatic rings. The van der Waals surface area contributed by atoms with Gasteiger partial charge in [-0.3, -0.25) is 0 Å². The number of hydrogen-bond acceptors (Lipinski definition) is 4. The maximum absolute atomic E-state index is 12.7. The first-order valence-corrected chi connectivity index (χ1v) is 8.62. The average Bonchev–Trinajstić information content (AvgIpc) is 2.91. The van der Waals surface area contributed by atoms with E-state index in [2.05, 4.69) is 20.4 Å². The fourth-order valence-corrected chi connectivity index (χ4v) is 2.76. The van der Waals surface area contributed by atoms with Gasteiger partial charge in [0.2, 0.25) is 0 Å². The standard InChI is InChI=1S/C13H12F5N5S/c1-9-6-12(23-13(22-9)20-8-21-23)19-7-10-2-4-11(5-3-10)24(14,15,16,17)18/h2-6,8,19H,7H2,1H3. The summed E-state index contributed by atoms with van der Waals surface area (Å²) in [5.41, 5.74) is 1.08. The number of nitrogens with one attached hydrogen (secondary N) is 1. The summed E-state index contributed by atoms with van der Waals surface area (Å²) in [5, 5.41) is 6.94. The van der Waals surface area contributed by atoms with E-state index >= 15 is 0 Å². The molecule has 0 aliphatic carbocycles. The third-order valence-corrected chi connectivity index (χ3v) is 4.39. The van der Waals surface area contributed by atoms with Crippen LogP contribution in [0.15, 0.2) is 41.6 Å². The number of fused-ring (bicyclic) bond motifs is 1. The largest absolute Gasteiger partial charge is 0.366 e. The highest BCUT2D eigenvalue weighted by molar-refractivity contribution is 8.45. The van der Waals surface area contributed by atoms with Gasteiger partial charge in [0, 0.05) is 18.3 Å². The molecule has 3 rings (SSSR count). The lowest BCUT2D eigenvalue weighted by atomic mass is 10.2. The highest BCUT2D eigenvalue weighted by atomic mass is 32.5. The number of benzene rings is 1. The van der Waals surface area contributed by atoms with E-state index in [1.165, 1.54) is 10.8 Å². The van der Waals surface area contributed by atoms with Gasteiger partial charge in [-0.05, 0) is 24.6 Å². The summed E-state index contributed by atoms with van der Waals surface area (Å²) in [4.78, 5) is 6.19. The van der Waals surface area contributed by atoms with Crippen molar-refractivity contribution in [1.82, 2.24) is 19.6 Å². The van der Waals surface area contributed by atoms with Gasteiger partial charge in [-0.1, -0.05) is 31.6 Å². The molecule has 0 aliphatic rings. The number of nitrogens with zero attached hydrogens (tertiary/aromatic N) is 4. The van der Waals surface area contributed by atoms with Crippen molar-refractivity contribution in [3.63, 3.8) is 0 Å². The summed E-state index contributed by atoms with van der Waals surface area (Å²) < 4.78 is 64.8. The Morgan fingerprint density at radius 2 is 1.75 bits per heavy atom. The van der Waals surface area contributed by atoms with Crippen molar-refractivity contribution in [1.29, 1.82) is 0 Å². The van der Waals surface area contributed by atoms with Gasteiger partial charge in [-0.25, -0.2) is 4.98 Å². The summed E-state index contributed by atoms with van der Waals surface area (Å²) in [6.45, 7) is 1.88. The van der Waals surface area contributed by atoms with Crippen LogP contribution >= 0.6 is 10.2 Å². The van der Waals surface area contributed by atoms with Gasteiger partial charge in [-0.15, -0.1) is 0 Å². The molecule has 24 heavy (non-hydrogen) atoms. The summed E-state index contributed by atoms with van der Waals surface area (Å²) in [6, 6.07) is 4.48. The molecular weight excluding hydrogens is 353 g/mol. The molecule has 2 heterocycles. The molecule has 0 spiro atoms. The molecule has 5 nitrogen and oxygen atoms in total. The van der Waals surface area contributed by atoms with Gasteiger partial charge in [0.1, 0.15) is 17.0 Å². The molecule has 0 saturated carbocycles. The van der Waals surface area contributed by atoms with Crippen LogP contribution in [0.3, 0.4) is 0 Å². The number of rotatable bonds is 4. The van der Waals surface area contributed by atoms with Crippen molar-refractivity contribution in [3.8, 4) is 0 Å². The minimum Gasteiger partial charge on any atom is -0.366 e. The number of aryl methyl sites for hydroxylation is 1. The third-order valence-electron chi connectivity index (χ3n) is 3.22. The van der Waals surface area contributed by atoms with E-state index in [1.807, 2.05) is 0 Å². The Morgan fingerprint density at radius 3 is 2.38 bits per heavy atom. The molecule has 0 amide bonds. The predicted molar refractivity (Wildman–Crippen MR) is 80.7 cm³/mol. The molecule has 11 heteroatoms. The Labute approximate surface area is 133 Å². The minimum atomic E-state index is -9.63. The molecule has 130 valence electrons. The van der Waals surface area contributed by atoms with Gasteiger partial charge in [0.05, 0.1) is 0 Å². The highest BCUT2D eigenvalue weighted by Crippen LogP contribution is 3.02. The van der Waals surface area contributed by atoms with Crippen LogP contribution < -0.4 is 5.32 Å². The lowest BCUT2D eigenvalue weighted by Gasteiger charge is -2.40. The van der Waals surface area contributed by atoms with Crippen molar-refractivity contribution in [2.45, 2.75) is 18.4 Å². The second-order valence-corrected chi connectivity index (χ2v) is 7.63. The monoisotopic (exact) mass is 365 g/mol. The molecular formula is C13H12F5N5S. The molecule has 0 bridgehead atoms. The molecule has 0 unspecified atom stereocenters. The first kappa shape index (κ1) is 16.4. The number of aromatic nitrogens is 4. The maximum atomic E-state index is 12.7. The summed E-state index contributed by atoms with van der Waals surface area (Å²) in [7, 11) is -9.63. The topological polar surface area (TPSA) is 55.1 Å². The van der Waals surface area contributed by atoms with Crippen molar-refractivity contribution >= 4 is 21.8 Å². The van der Waals surface area contributed by atoms with Gasteiger partial charge in [-0.2, -0.15) is 14.6 Å². The van der Waals surface area contributed by atoms with Crippen LogP contribution in [0.1, 0.15) is 11.3 Å². The van der Waals surface area contributed by atoms with Crippen LogP contribution in [0, 0.1) is 6.92 Å². The van der Waals surface area contributed by atoms with E-state index in [1.54, 1.807) is 13.0 Å². The van der Waals surface area contributed by atoms with E-state index in [9.17, 15) is 19.4 Å². The maximum Gasteiger partial charge on any atom is 0.310 e. The van der Waals surface area contributed by atoms with Crippen LogP contribution in [0.5, 0.6) is 0 Å². The lowest BCUT2D eigenvalue weighted by Crippen LogP contribution is -2.08. The summed E-state index contributed by atoms with van der Waals surface area (Å²) in [6.07, 6.45) is 1.32. The quantitative estimate of drug-likeness (QED) is 0.681. The molecule has 0 radical (unpaired) electrons. The average molecular weight is 365 g/mol. The number of hydrogen-bond donors (Lipinski definition) is 1. The Balaban J connectivity index is 1.81. The zero-order valence-corrected chi connectivity index (χ0v) is 13.1. The van der Waals surface area contributed by atoms with Crippen molar-refractivity contribution in [3.05, 3.63) is 47.9 Å². The molecule has 1 N–H and O–H groups in total. The Hall–Kier alpha value is -2.43. The van der Waals surface area contributed by atoms with Gasteiger partial charge in [0.25, 0.3) is 5.78 Å². The van der Waals surface area contributed by atoms with E-state index < -0.39 is 15.1 Å². The predicted octanol–water partition coefficient (Wildman–Crippen LogP) is 4.70. The van der Waals surface area contributed by atoms with Crippen LogP contribution in [0.4, 0.5) is 25.2 Å². The fraction of sp³-hybridized carbons (Fsp3) is 0.154. The van der Waals surface area contributed by atoms with Crippen LogP contribution in [0.2, 0.25) is 0 Å². The number of halogens is 5. The third kappa shape index (κ3) is 3.40. The minimum absolute atomic E-state index is 0.124. The zero-order chi connectivity index (χ0) is 17.7. The second kappa shape index (κ2) is 4.56. The van der Waals surface area contributed by atoms with Crippen molar-refractivity contribution < 1.29 is 19.4 Å². The van der Waals surface area contributed by atoms with Gasteiger partial charge < -0.3 is 5.32 Å². The highest BCUT2D eigenvalue weighted by Gasteiger charge is 2.65.